The van der Waals surface area contributed by atoms with Crippen molar-refractivity contribution in [3.05, 3.63) is 40.4 Å². The van der Waals surface area contributed by atoms with Gasteiger partial charge < -0.3 is 24.8 Å². The molecule has 0 spiro atoms. The van der Waals surface area contributed by atoms with Crippen LogP contribution in [0.15, 0.2) is 29.1 Å². The molecule has 0 nitrogen and oxygen atoms in total. The molecule has 0 saturated heterocycles. The van der Waals surface area contributed by atoms with Gasteiger partial charge in [0.15, 0.2) is 0 Å². The van der Waals surface area contributed by atoms with Crippen LogP contribution in [0.2, 0.25) is 0 Å². The third-order valence-corrected chi connectivity index (χ3v) is 4.27. The molecule has 1 aliphatic rings. The Morgan fingerprint density at radius 2 is 1.76 bits per heavy atom. The van der Waals surface area contributed by atoms with E-state index >= 15 is 0 Å². The van der Waals surface area contributed by atoms with Gasteiger partial charge in [-0.1, -0.05) is 45.0 Å². The van der Waals surface area contributed by atoms with Crippen molar-refractivity contribution >= 4 is 13.8 Å². The van der Waals surface area contributed by atoms with E-state index in [0.717, 1.165) is 8.19 Å². The summed E-state index contributed by atoms with van der Waals surface area (Å²) in [6, 6.07) is 4.37. The zero-order chi connectivity index (χ0) is 10.3. The van der Waals surface area contributed by atoms with Gasteiger partial charge in [-0.05, 0) is 0 Å². The third kappa shape index (κ3) is 3.84. The number of hydrogen-bond acceptors (Lipinski definition) is 0. The summed E-state index contributed by atoms with van der Waals surface area (Å²) in [5.74, 6) is 2.23. The van der Waals surface area contributed by atoms with Gasteiger partial charge in [0.1, 0.15) is 0 Å². The van der Waals surface area contributed by atoms with E-state index < -0.39 is 0 Å². The van der Waals surface area contributed by atoms with Crippen LogP contribution < -0.4 is 24.8 Å². The maximum Gasteiger partial charge on any atom is 3.00 e. The third-order valence-electron chi connectivity index (χ3n) is 3.18. The molecule has 0 amide bonds. The quantitative estimate of drug-likeness (QED) is 0.520. The van der Waals surface area contributed by atoms with Crippen LogP contribution in [0.1, 0.15) is 33.0 Å². The van der Waals surface area contributed by atoms with Crippen LogP contribution in [-0.4, -0.2) is 0 Å². The van der Waals surface area contributed by atoms with Crippen molar-refractivity contribution in [3.63, 3.8) is 0 Å². The second-order valence-electron chi connectivity index (χ2n) is 4.46. The van der Waals surface area contributed by atoms with Gasteiger partial charge >= 0.3 is 26.2 Å². The molecule has 1 radical (unpaired) electrons. The molecule has 1 unspecified atom stereocenters. The van der Waals surface area contributed by atoms with Crippen LogP contribution in [0.5, 0.6) is 0 Å². The largest absolute Gasteiger partial charge is 3.00 e. The van der Waals surface area contributed by atoms with Crippen molar-refractivity contribution in [2.45, 2.75) is 27.7 Å². The fourth-order valence-corrected chi connectivity index (χ4v) is 2.87. The Kier molecular flexibility index (Phi) is 8.66. The summed E-state index contributed by atoms with van der Waals surface area (Å²) in [7, 11) is 0.832. The SMILES string of the molecule is CC1=C(C)C(C)(C)[C-]=C1c1ccc[pH]1.[Cl-].[Cl-].[Zr+3]. The minimum atomic E-state index is 0. The van der Waals surface area contributed by atoms with Crippen LogP contribution in [0.4, 0.5) is 0 Å². The fourth-order valence-electron chi connectivity index (χ4n) is 1.91. The van der Waals surface area contributed by atoms with Gasteiger partial charge in [-0.25, -0.2) is 0 Å². The topological polar surface area (TPSA) is 0 Å². The molecule has 1 aromatic heterocycles. The summed E-state index contributed by atoms with van der Waals surface area (Å²) in [5, 5.41) is 1.45. The Hall–Kier alpha value is 0.723. The Balaban J connectivity index is 0. The van der Waals surface area contributed by atoms with Crippen LogP contribution in [0.25, 0.3) is 5.57 Å². The molecular formula is C13H16Cl2PZr. The average Bonchev–Trinajstić information content (AvgIpc) is 2.69. The minimum absolute atomic E-state index is 0. The van der Waals surface area contributed by atoms with E-state index in [0.29, 0.717) is 0 Å². The van der Waals surface area contributed by atoms with E-state index in [4.69, 9.17) is 0 Å². The van der Waals surface area contributed by atoms with Gasteiger partial charge in [-0.2, -0.15) is 25.4 Å². The molecule has 17 heavy (non-hydrogen) atoms. The molecule has 91 valence electrons. The predicted octanol–water partition coefficient (Wildman–Crippen LogP) is -1.71. The summed E-state index contributed by atoms with van der Waals surface area (Å²) in [5.41, 5.74) is 4.38. The summed E-state index contributed by atoms with van der Waals surface area (Å²) in [6.07, 6.45) is 3.61. The molecule has 0 bridgehead atoms. The van der Waals surface area contributed by atoms with Crippen LogP contribution in [0.3, 0.4) is 0 Å². The van der Waals surface area contributed by atoms with Crippen molar-refractivity contribution in [1.82, 2.24) is 0 Å². The van der Waals surface area contributed by atoms with E-state index in [-0.39, 0.29) is 56.4 Å². The average molecular weight is 365 g/mol. The smallest absolute Gasteiger partial charge is 1.00 e. The maximum atomic E-state index is 3.61. The fraction of sp³-hybridized carbons (Fsp3) is 0.385. The maximum absolute atomic E-state index is 3.61. The molecule has 1 aliphatic carbocycles. The van der Waals surface area contributed by atoms with Gasteiger partial charge in [0.25, 0.3) is 0 Å². The van der Waals surface area contributed by atoms with E-state index in [9.17, 15) is 0 Å². The Labute approximate surface area is 137 Å². The molecule has 2 rings (SSSR count). The van der Waals surface area contributed by atoms with E-state index in [2.05, 4.69) is 51.7 Å². The normalized spacial score (nSPS) is 17.1. The summed E-state index contributed by atoms with van der Waals surface area (Å²) in [4.78, 5) is 0. The molecule has 0 N–H and O–H groups in total. The van der Waals surface area contributed by atoms with E-state index in [1.165, 1.54) is 22.0 Å². The Morgan fingerprint density at radius 1 is 1.18 bits per heavy atom. The summed E-state index contributed by atoms with van der Waals surface area (Å²) >= 11 is 0. The van der Waals surface area contributed by atoms with Gasteiger partial charge in [0.2, 0.25) is 0 Å². The predicted molar refractivity (Wildman–Crippen MR) is 64.7 cm³/mol. The second kappa shape index (κ2) is 7.35. The van der Waals surface area contributed by atoms with Crippen molar-refractivity contribution < 1.29 is 51.0 Å². The van der Waals surface area contributed by atoms with Crippen molar-refractivity contribution in [1.29, 1.82) is 0 Å². The standard InChI is InChI=1S/C13H16P.2ClH.Zr/c1-9-10(2)13(3,4)8-11(9)12-6-5-7-14-12;;;/h5-7,14H,1-4H3;2*1H;/q-1;;;+3/p-2. The molecule has 0 aliphatic heterocycles. The van der Waals surface area contributed by atoms with Crippen LogP contribution in [-0.2, 0) is 26.2 Å². The molecule has 4 heteroatoms. The molecule has 1 heterocycles. The second-order valence-corrected chi connectivity index (χ2v) is 5.62. The Morgan fingerprint density at radius 3 is 2.12 bits per heavy atom. The first-order valence-electron chi connectivity index (χ1n) is 4.99. The minimum Gasteiger partial charge on any atom is -1.00 e. The molecule has 0 saturated carbocycles. The molecule has 0 fully saturated rings. The zero-order valence-electron chi connectivity index (χ0n) is 10.5. The van der Waals surface area contributed by atoms with E-state index in [1.54, 1.807) is 0 Å². The molecular weight excluding hydrogens is 349 g/mol. The first-order chi connectivity index (χ1) is 6.52. The molecule has 0 aromatic carbocycles. The van der Waals surface area contributed by atoms with Crippen molar-refractivity contribution in [2.24, 2.45) is 5.41 Å². The number of allylic oxidation sites excluding steroid dienone is 4. The summed E-state index contributed by atoms with van der Waals surface area (Å²) < 4.78 is 0. The van der Waals surface area contributed by atoms with E-state index in [1.807, 2.05) is 0 Å². The van der Waals surface area contributed by atoms with Crippen LogP contribution in [0, 0.1) is 11.5 Å². The number of halogens is 2. The zero-order valence-corrected chi connectivity index (χ0v) is 15.5. The number of rotatable bonds is 1. The van der Waals surface area contributed by atoms with Crippen molar-refractivity contribution in [2.75, 3.05) is 0 Å². The van der Waals surface area contributed by atoms with Crippen molar-refractivity contribution in [3.8, 4) is 0 Å². The monoisotopic (exact) mass is 363 g/mol. The van der Waals surface area contributed by atoms with Gasteiger partial charge in [0, 0.05) is 0 Å². The Bertz CT molecular complexity index is 417. The molecule has 1 aromatic rings. The summed E-state index contributed by atoms with van der Waals surface area (Å²) in [6.45, 7) is 8.92. The molecule has 1 atom stereocenters. The first kappa shape index (κ1) is 20.0. The van der Waals surface area contributed by atoms with Gasteiger partial charge in [-0.3, -0.25) is 0 Å². The first-order valence-corrected chi connectivity index (χ1v) is 6.07. The van der Waals surface area contributed by atoms with Gasteiger partial charge in [0.05, 0.1) is 0 Å². The number of hydrogen-bond donors (Lipinski definition) is 0. The van der Waals surface area contributed by atoms with Gasteiger partial charge in [-0.15, -0.1) is 16.9 Å². The van der Waals surface area contributed by atoms with Crippen LogP contribution >= 0.6 is 8.19 Å².